The summed E-state index contributed by atoms with van der Waals surface area (Å²) in [4.78, 5) is 15.2. The fourth-order valence-electron chi connectivity index (χ4n) is 4.44. The molecule has 4 rings (SSSR count). The molecule has 3 aromatic rings. The molecule has 2 aromatic carbocycles. The van der Waals surface area contributed by atoms with Gasteiger partial charge in [-0.25, -0.2) is 0 Å². The molecule has 1 aromatic heterocycles. The summed E-state index contributed by atoms with van der Waals surface area (Å²) in [6, 6.07) is 20.2. The molecule has 1 fully saturated rings. The first-order chi connectivity index (χ1) is 16.0. The van der Waals surface area contributed by atoms with Crippen LogP contribution in [0.1, 0.15) is 56.7 Å². The van der Waals surface area contributed by atoms with Crippen molar-refractivity contribution in [3.63, 3.8) is 0 Å². The summed E-state index contributed by atoms with van der Waals surface area (Å²) in [5.41, 5.74) is 2.43. The van der Waals surface area contributed by atoms with E-state index in [1.165, 1.54) is 25.3 Å². The number of hydrogen-bond donors (Lipinski definition) is 1. The van der Waals surface area contributed by atoms with E-state index >= 15 is 0 Å². The zero-order chi connectivity index (χ0) is 23.0. The first kappa shape index (κ1) is 22.8. The molecule has 0 saturated heterocycles. The van der Waals surface area contributed by atoms with Gasteiger partial charge in [-0.3, -0.25) is 9.78 Å². The van der Waals surface area contributed by atoms with Gasteiger partial charge in [0.1, 0.15) is 17.2 Å². The third kappa shape index (κ3) is 6.82. The van der Waals surface area contributed by atoms with Crippen molar-refractivity contribution in [2.75, 3.05) is 0 Å². The van der Waals surface area contributed by atoms with Crippen molar-refractivity contribution in [3.05, 3.63) is 84.2 Å². The fraction of sp³-hybridized carbons (Fsp3) is 0.357. The smallest absolute Gasteiger partial charge is 0.217 e. The lowest BCUT2D eigenvalue weighted by Gasteiger charge is -2.29. The van der Waals surface area contributed by atoms with E-state index in [9.17, 15) is 4.79 Å². The second-order valence-electron chi connectivity index (χ2n) is 8.88. The molecule has 0 aliphatic heterocycles. The van der Waals surface area contributed by atoms with Crippen LogP contribution in [0.2, 0.25) is 0 Å². The van der Waals surface area contributed by atoms with Crippen LogP contribution < -0.4 is 14.8 Å². The Balaban J connectivity index is 1.22. The maximum absolute atomic E-state index is 11.2. The summed E-state index contributed by atoms with van der Waals surface area (Å²) in [6.07, 6.45) is 9.35. The van der Waals surface area contributed by atoms with Crippen molar-refractivity contribution < 1.29 is 14.3 Å². The van der Waals surface area contributed by atoms with Gasteiger partial charge in [-0.05, 0) is 92.5 Å². The minimum absolute atomic E-state index is 0.00301. The van der Waals surface area contributed by atoms with Crippen LogP contribution in [0.4, 0.5) is 0 Å². The molecule has 1 heterocycles. The van der Waals surface area contributed by atoms with E-state index in [2.05, 4.69) is 22.4 Å². The van der Waals surface area contributed by atoms with Gasteiger partial charge in [-0.2, -0.15) is 0 Å². The van der Waals surface area contributed by atoms with Gasteiger partial charge in [0.15, 0.2) is 0 Å². The van der Waals surface area contributed by atoms with E-state index in [0.29, 0.717) is 5.92 Å². The Hall–Kier alpha value is -3.34. The normalized spacial score (nSPS) is 18.8. The first-order valence-electron chi connectivity index (χ1n) is 11.8. The SMILES string of the molecule is CC(=O)NC(C)c1ccc(OC2CCC(Cc3ccc(Oc4ccncc4)cc3)CC2)cc1. The van der Waals surface area contributed by atoms with Gasteiger partial charge in [-0.1, -0.05) is 24.3 Å². The Bertz CT molecular complexity index is 1010. The Labute approximate surface area is 196 Å². The number of hydrogen-bond acceptors (Lipinski definition) is 4. The largest absolute Gasteiger partial charge is 0.490 e. The van der Waals surface area contributed by atoms with E-state index in [0.717, 1.165) is 42.1 Å². The Kier molecular flexibility index (Phi) is 7.61. The maximum Gasteiger partial charge on any atom is 0.217 e. The molecule has 1 atom stereocenters. The number of nitrogens with zero attached hydrogens (tertiary/aromatic N) is 1. The second-order valence-corrected chi connectivity index (χ2v) is 8.88. The predicted octanol–water partition coefficient (Wildman–Crippen LogP) is 6.25. The number of aromatic nitrogens is 1. The molecule has 1 amide bonds. The van der Waals surface area contributed by atoms with Crippen LogP contribution in [0.3, 0.4) is 0 Å². The van der Waals surface area contributed by atoms with Crippen LogP contribution in [0.25, 0.3) is 0 Å². The van der Waals surface area contributed by atoms with Crippen LogP contribution >= 0.6 is 0 Å². The quantitative estimate of drug-likeness (QED) is 0.446. The summed E-state index contributed by atoms with van der Waals surface area (Å²) in [6.45, 7) is 3.53. The minimum Gasteiger partial charge on any atom is -0.490 e. The highest BCUT2D eigenvalue weighted by atomic mass is 16.5. The maximum atomic E-state index is 11.2. The lowest BCUT2D eigenvalue weighted by atomic mass is 9.83. The standard InChI is InChI=1S/C28H32N2O3/c1-20(30-21(2)31)24-7-13-27(14-8-24)32-25-9-3-22(4-10-25)19-23-5-11-26(12-6-23)33-28-15-17-29-18-16-28/h5-8,11-18,20,22,25H,3-4,9-10,19H2,1-2H3,(H,30,31). The number of carbonyl (C=O) groups is 1. The van der Waals surface area contributed by atoms with Gasteiger partial charge in [0, 0.05) is 19.3 Å². The number of pyridine rings is 1. The number of rotatable bonds is 8. The zero-order valence-corrected chi connectivity index (χ0v) is 19.4. The van der Waals surface area contributed by atoms with Gasteiger partial charge >= 0.3 is 0 Å². The molecule has 1 N–H and O–H groups in total. The number of carbonyl (C=O) groups excluding carboxylic acids is 1. The van der Waals surface area contributed by atoms with Crippen LogP contribution in [0.5, 0.6) is 17.2 Å². The van der Waals surface area contributed by atoms with E-state index < -0.39 is 0 Å². The summed E-state index contributed by atoms with van der Waals surface area (Å²) >= 11 is 0. The van der Waals surface area contributed by atoms with Crippen molar-refractivity contribution in [1.29, 1.82) is 0 Å². The van der Waals surface area contributed by atoms with Gasteiger partial charge < -0.3 is 14.8 Å². The first-order valence-corrected chi connectivity index (χ1v) is 11.8. The molecular formula is C28H32N2O3. The molecule has 0 bridgehead atoms. The van der Waals surface area contributed by atoms with Crippen molar-refractivity contribution >= 4 is 5.91 Å². The minimum atomic E-state index is -0.0196. The predicted molar refractivity (Wildman–Crippen MR) is 130 cm³/mol. The average Bonchev–Trinajstić information content (AvgIpc) is 2.82. The van der Waals surface area contributed by atoms with Gasteiger partial charge in [0.05, 0.1) is 12.1 Å². The Morgan fingerprint density at radius 2 is 1.52 bits per heavy atom. The number of ether oxygens (including phenoxy) is 2. The number of nitrogens with one attached hydrogen (secondary N) is 1. The van der Waals surface area contributed by atoms with E-state index in [1.807, 2.05) is 55.5 Å². The van der Waals surface area contributed by atoms with Crippen molar-refractivity contribution in [1.82, 2.24) is 10.3 Å². The number of amides is 1. The number of benzene rings is 2. The summed E-state index contributed by atoms with van der Waals surface area (Å²) in [7, 11) is 0. The fourth-order valence-corrected chi connectivity index (χ4v) is 4.44. The topological polar surface area (TPSA) is 60.5 Å². The highest BCUT2D eigenvalue weighted by molar-refractivity contribution is 5.73. The zero-order valence-electron chi connectivity index (χ0n) is 19.4. The molecule has 0 spiro atoms. The molecule has 1 aliphatic rings. The molecular weight excluding hydrogens is 412 g/mol. The summed E-state index contributed by atoms with van der Waals surface area (Å²) < 4.78 is 12.1. The van der Waals surface area contributed by atoms with Crippen LogP contribution in [0, 0.1) is 5.92 Å². The average molecular weight is 445 g/mol. The Morgan fingerprint density at radius 1 is 0.909 bits per heavy atom. The lowest BCUT2D eigenvalue weighted by molar-refractivity contribution is -0.119. The van der Waals surface area contributed by atoms with Crippen LogP contribution in [0.15, 0.2) is 73.1 Å². The third-order valence-corrected chi connectivity index (χ3v) is 6.23. The van der Waals surface area contributed by atoms with Crippen LogP contribution in [-0.4, -0.2) is 17.0 Å². The molecule has 5 heteroatoms. The third-order valence-electron chi connectivity index (χ3n) is 6.23. The molecule has 33 heavy (non-hydrogen) atoms. The molecule has 1 saturated carbocycles. The molecule has 1 unspecified atom stereocenters. The molecule has 0 radical (unpaired) electrons. The molecule has 5 nitrogen and oxygen atoms in total. The summed E-state index contributed by atoms with van der Waals surface area (Å²) in [5.74, 6) is 3.22. The van der Waals surface area contributed by atoms with Gasteiger partial charge in [0.25, 0.3) is 0 Å². The van der Waals surface area contributed by atoms with E-state index in [-0.39, 0.29) is 18.1 Å². The molecule has 1 aliphatic carbocycles. The highest BCUT2D eigenvalue weighted by Crippen LogP contribution is 2.31. The van der Waals surface area contributed by atoms with E-state index in [1.54, 1.807) is 12.4 Å². The van der Waals surface area contributed by atoms with Crippen LogP contribution in [-0.2, 0) is 11.2 Å². The Morgan fingerprint density at radius 3 is 2.15 bits per heavy atom. The molecule has 172 valence electrons. The second kappa shape index (κ2) is 11.0. The van der Waals surface area contributed by atoms with E-state index in [4.69, 9.17) is 9.47 Å². The summed E-state index contributed by atoms with van der Waals surface area (Å²) in [5, 5.41) is 2.91. The van der Waals surface area contributed by atoms with Crippen molar-refractivity contribution in [3.8, 4) is 17.2 Å². The monoisotopic (exact) mass is 444 g/mol. The van der Waals surface area contributed by atoms with Crippen molar-refractivity contribution in [2.24, 2.45) is 5.92 Å². The van der Waals surface area contributed by atoms with Gasteiger partial charge in [0.2, 0.25) is 5.91 Å². The lowest BCUT2D eigenvalue weighted by Crippen LogP contribution is -2.25. The van der Waals surface area contributed by atoms with Crippen molar-refractivity contribution in [2.45, 2.75) is 58.1 Å². The highest BCUT2D eigenvalue weighted by Gasteiger charge is 2.22. The van der Waals surface area contributed by atoms with Gasteiger partial charge in [-0.15, -0.1) is 0 Å².